The lowest BCUT2D eigenvalue weighted by Gasteiger charge is -2.04. The van der Waals surface area contributed by atoms with Crippen molar-refractivity contribution >= 4 is 17.5 Å². The van der Waals surface area contributed by atoms with E-state index in [1.54, 1.807) is 12.4 Å². The van der Waals surface area contributed by atoms with Gasteiger partial charge in [0.15, 0.2) is 0 Å². The number of amides is 1. The van der Waals surface area contributed by atoms with Gasteiger partial charge in [0.1, 0.15) is 11.6 Å². The fourth-order valence-electron chi connectivity index (χ4n) is 1.33. The highest BCUT2D eigenvalue weighted by Gasteiger charge is 2.11. The van der Waals surface area contributed by atoms with Gasteiger partial charge in [-0.25, -0.2) is 9.37 Å². The fourth-order valence-corrected chi connectivity index (χ4v) is 1.49. The minimum absolute atomic E-state index is 0.0408. The maximum absolute atomic E-state index is 13.4. The highest BCUT2D eigenvalue weighted by Crippen LogP contribution is 2.14. The number of hydrogen-bond donors (Lipinski definition) is 2. The molecule has 17 heavy (non-hydrogen) atoms. The van der Waals surface area contributed by atoms with E-state index < -0.39 is 11.7 Å². The molecular formula is C11H9ClFN3O. The Morgan fingerprint density at radius 1 is 1.53 bits per heavy atom. The molecule has 4 nitrogen and oxygen atoms in total. The number of carbonyl (C=O) groups is 1. The number of nitrogens with one attached hydrogen (secondary N) is 2. The van der Waals surface area contributed by atoms with Gasteiger partial charge < -0.3 is 10.3 Å². The third-order valence-electron chi connectivity index (χ3n) is 2.15. The zero-order chi connectivity index (χ0) is 12.3. The first kappa shape index (κ1) is 11.6. The monoisotopic (exact) mass is 253 g/mol. The molecular weight excluding hydrogens is 245 g/mol. The van der Waals surface area contributed by atoms with Gasteiger partial charge >= 0.3 is 0 Å². The summed E-state index contributed by atoms with van der Waals surface area (Å²) >= 11 is 5.59. The highest BCUT2D eigenvalue weighted by atomic mass is 35.5. The Kier molecular flexibility index (Phi) is 3.39. The van der Waals surface area contributed by atoms with Crippen LogP contribution in [0.25, 0.3) is 0 Å². The summed E-state index contributed by atoms with van der Waals surface area (Å²) in [7, 11) is 0. The molecule has 6 heteroatoms. The molecule has 0 bridgehead atoms. The number of benzene rings is 1. The van der Waals surface area contributed by atoms with Crippen molar-refractivity contribution in [1.82, 2.24) is 15.3 Å². The van der Waals surface area contributed by atoms with E-state index in [1.165, 1.54) is 12.1 Å². The summed E-state index contributed by atoms with van der Waals surface area (Å²) in [4.78, 5) is 18.4. The summed E-state index contributed by atoms with van der Waals surface area (Å²) in [5, 5.41) is 2.80. The second-order valence-corrected chi connectivity index (χ2v) is 3.78. The van der Waals surface area contributed by atoms with Crippen molar-refractivity contribution in [2.45, 2.75) is 6.54 Å². The van der Waals surface area contributed by atoms with Gasteiger partial charge in [0.25, 0.3) is 5.91 Å². The summed E-state index contributed by atoms with van der Waals surface area (Å²) in [6, 6.07) is 3.91. The first-order valence-corrected chi connectivity index (χ1v) is 5.26. The first-order valence-electron chi connectivity index (χ1n) is 4.88. The summed E-state index contributed by atoms with van der Waals surface area (Å²) in [5.74, 6) is -0.544. The number of halogens is 2. The van der Waals surface area contributed by atoms with E-state index in [0.29, 0.717) is 5.82 Å². The number of H-pyrrole nitrogens is 1. The second-order valence-electron chi connectivity index (χ2n) is 3.34. The van der Waals surface area contributed by atoms with Gasteiger partial charge in [-0.15, -0.1) is 0 Å². The molecule has 0 spiro atoms. The summed E-state index contributed by atoms with van der Waals surface area (Å²) in [6.45, 7) is 0.216. The van der Waals surface area contributed by atoms with Crippen molar-refractivity contribution in [2.24, 2.45) is 0 Å². The van der Waals surface area contributed by atoms with Gasteiger partial charge in [-0.05, 0) is 18.2 Å². The molecule has 0 saturated heterocycles. The van der Waals surface area contributed by atoms with Crippen molar-refractivity contribution in [3.8, 4) is 0 Å². The van der Waals surface area contributed by atoms with Crippen molar-refractivity contribution < 1.29 is 9.18 Å². The van der Waals surface area contributed by atoms with Crippen LogP contribution in [0.3, 0.4) is 0 Å². The van der Waals surface area contributed by atoms with Crippen molar-refractivity contribution in [1.29, 1.82) is 0 Å². The molecule has 2 rings (SSSR count). The van der Waals surface area contributed by atoms with Gasteiger partial charge in [0.05, 0.1) is 12.1 Å². The molecule has 2 N–H and O–H groups in total. The molecule has 1 heterocycles. The minimum atomic E-state index is -0.644. The number of aromatic amines is 1. The summed E-state index contributed by atoms with van der Waals surface area (Å²) in [5.41, 5.74) is -0.0408. The lowest BCUT2D eigenvalue weighted by Crippen LogP contribution is -2.24. The number of aromatic nitrogens is 2. The maximum atomic E-state index is 13.4. The molecule has 0 aliphatic rings. The third kappa shape index (κ3) is 2.82. The largest absolute Gasteiger partial charge is 0.347 e. The van der Waals surface area contributed by atoms with Gasteiger partial charge in [-0.3, -0.25) is 4.79 Å². The van der Waals surface area contributed by atoms with Crippen LogP contribution in [0, 0.1) is 5.82 Å². The Bertz CT molecular complexity index is 528. The molecule has 1 aromatic heterocycles. The van der Waals surface area contributed by atoms with Crippen LogP contribution in [0.2, 0.25) is 5.02 Å². The van der Waals surface area contributed by atoms with E-state index in [9.17, 15) is 9.18 Å². The predicted octanol–water partition coefficient (Wildman–Crippen LogP) is 2.13. The second kappa shape index (κ2) is 4.97. The van der Waals surface area contributed by atoms with Crippen LogP contribution >= 0.6 is 11.6 Å². The van der Waals surface area contributed by atoms with Crippen LogP contribution in [0.5, 0.6) is 0 Å². The van der Waals surface area contributed by atoms with Crippen LogP contribution in [-0.2, 0) is 6.54 Å². The molecule has 0 fully saturated rings. The maximum Gasteiger partial charge on any atom is 0.254 e. The SMILES string of the molecule is O=C(NCc1ncc[nH]1)c1ccc(Cl)cc1F. The number of carbonyl (C=O) groups excluding carboxylic acids is 1. The Morgan fingerprint density at radius 3 is 3.00 bits per heavy atom. The third-order valence-corrected chi connectivity index (χ3v) is 2.38. The summed E-state index contributed by atoms with van der Waals surface area (Å²) in [6.07, 6.45) is 3.22. The van der Waals surface area contributed by atoms with Crippen LogP contribution in [0.1, 0.15) is 16.2 Å². The smallest absolute Gasteiger partial charge is 0.254 e. The normalized spacial score (nSPS) is 10.2. The molecule has 0 aliphatic carbocycles. The number of nitrogens with zero attached hydrogens (tertiary/aromatic N) is 1. The lowest BCUT2D eigenvalue weighted by molar-refractivity contribution is 0.0946. The molecule has 2 aromatic rings. The van der Waals surface area contributed by atoms with Gasteiger partial charge in [-0.1, -0.05) is 11.6 Å². The van der Waals surface area contributed by atoms with Crippen molar-refractivity contribution in [2.75, 3.05) is 0 Å². The Labute approximate surface area is 102 Å². The molecule has 1 aromatic carbocycles. The van der Waals surface area contributed by atoms with Crippen molar-refractivity contribution in [3.63, 3.8) is 0 Å². The Hall–Kier alpha value is -1.88. The molecule has 0 radical (unpaired) electrons. The minimum Gasteiger partial charge on any atom is -0.347 e. The average Bonchev–Trinajstić information content (AvgIpc) is 2.78. The molecule has 88 valence electrons. The number of rotatable bonds is 3. The van der Waals surface area contributed by atoms with Crippen LogP contribution in [0.15, 0.2) is 30.6 Å². The van der Waals surface area contributed by atoms with E-state index in [-0.39, 0.29) is 17.1 Å². The van der Waals surface area contributed by atoms with Gasteiger partial charge in [-0.2, -0.15) is 0 Å². The van der Waals surface area contributed by atoms with Crippen molar-refractivity contribution in [3.05, 3.63) is 52.8 Å². The van der Waals surface area contributed by atoms with E-state index in [0.717, 1.165) is 6.07 Å². The molecule has 1 amide bonds. The van der Waals surface area contributed by atoms with E-state index in [1.807, 2.05) is 0 Å². The molecule has 0 unspecified atom stereocenters. The van der Waals surface area contributed by atoms with Gasteiger partial charge in [0, 0.05) is 17.4 Å². The fraction of sp³-hybridized carbons (Fsp3) is 0.0909. The van der Waals surface area contributed by atoms with Gasteiger partial charge in [0.2, 0.25) is 0 Å². The van der Waals surface area contributed by atoms with E-state index >= 15 is 0 Å². The zero-order valence-electron chi connectivity index (χ0n) is 8.71. The molecule has 0 saturated carbocycles. The molecule has 0 aliphatic heterocycles. The zero-order valence-corrected chi connectivity index (χ0v) is 9.46. The quantitative estimate of drug-likeness (QED) is 0.880. The predicted molar refractivity (Wildman–Crippen MR) is 61.2 cm³/mol. The highest BCUT2D eigenvalue weighted by molar-refractivity contribution is 6.30. The van der Waals surface area contributed by atoms with E-state index in [2.05, 4.69) is 15.3 Å². The Morgan fingerprint density at radius 2 is 2.35 bits per heavy atom. The average molecular weight is 254 g/mol. The van der Waals surface area contributed by atoms with Crippen LogP contribution in [-0.4, -0.2) is 15.9 Å². The van der Waals surface area contributed by atoms with Crippen LogP contribution < -0.4 is 5.32 Å². The number of imidazole rings is 1. The standard InChI is InChI=1S/C11H9ClFN3O/c12-7-1-2-8(9(13)5-7)11(17)16-6-10-14-3-4-15-10/h1-5H,6H2,(H,14,15)(H,16,17). The molecule has 0 atom stereocenters. The summed E-state index contributed by atoms with van der Waals surface area (Å²) < 4.78 is 13.4. The number of hydrogen-bond acceptors (Lipinski definition) is 2. The lowest BCUT2D eigenvalue weighted by atomic mass is 10.2. The first-order chi connectivity index (χ1) is 8.16. The van der Waals surface area contributed by atoms with Crippen LogP contribution in [0.4, 0.5) is 4.39 Å². The topological polar surface area (TPSA) is 57.8 Å². The Balaban J connectivity index is 2.04. The van der Waals surface area contributed by atoms with E-state index in [4.69, 9.17) is 11.6 Å².